The number of carbonyl (C=O) groups excluding carboxylic acids is 2. The lowest BCUT2D eigenvalue weighted by Crippen LogP contribution is -2.21. The first-order valence-corrected chi connectivity index (χ1v) is 3.93. The Kier molecular flexibility index (Phi) is 6.05. The number of hydrogen-bond acceptors (Lipinski definition) is 4. The highest BCUT2D eigenvalue weighted by Crippen LogP contribution is 2.02. The summed E-state index contributed by atoms with van der Waals surface area (Å²) in [5, 5.41) is 0. The molecule has 0 saturated carbocycles. The Bertz CT molecular complexity index is 144. The van der Waals surface area contributed by atoms with Gasteiger partial charge in [-0.15, -0.1) is 0 Å². The van der Waals surface area contributed by atoms with Gasteiger partial charge in [0.2, 0.25) is 0 Å². The smallest absolute Gasteiger partial charge is 0.303 e. The molecule has 1 unspecified atom stereocenters. The summed E-state index contributed by atoms with van der Waals surface area (Å²) in [6.07, 6.45) is 1.31. The third-order valence-corrected chi connectivity index (χ3v) is 1.29. The second-order valence-corrected chi connectivity index (χ2v) is 2.45. The molecule has 0 N–H and O–H groups in total. The average Bonchev–Trinajstić information content (AvgIpc) is 2.00. The van der Waals surface area contributed by atoms with Gasteiger partial charge >= 0.3 is 5.97 Å². The van der Waals surface area contributed by atoms with E-state index in [9.17, 15) is 9.59 Å². The van der Waals surface area contributed by atoms with Crippen LogP contribution in [0.3, 0.4) is 0 Å². The highest BCUT2D eigenvalue weighted by atomic mass is 16.6. The molecule has 0 aliphatic rings. The minimum Gasteiger partial charge on any atom is -0.464 e. The van der Waals surface area contributed by atoms with E-state index in [4.69, 9.17) is 4.74 Å². The van der Waals surface area contributed by atoms with Gasteiger partial charge in [-0.1, -0.05) is 13.3 Å². The summed E-state index contributed by atoms with van der Waals surface area (Å²) < 4.78 is 9.36. The molecule has 0 aromatic carbocycles. The van der Waals surface area contributed by atoms with E-state index in [0.717, 1.165) is 6.42 Å². The van der Waals surface area contributed by atoms with Crippen LogP contribution in [0.25, 0.3) is 0 Å². The zero-order chi connectivity index (χ0) is 9.40. The van der Waals surface area contributed by atoms with Crippen molar-refractivity contribution in [1.29, 1.82) is 0 Å². The van der Waals surface area contributed by atoms with E-state index in [1.165, 1.54) is 6.92 Å². The highest BCUT2D eigenvalue weighted by molar-refractivity contribution is 5.66. The first-order valence-electron chi connectivity index (χ1n) is 3.93. The molecule has 70 valence electrons. The summed E-state index contributed by atoms with van der Waals surface area (Å²) in [4.78, 5) is 20.4. The van der Waals surface area contributed by atoms with Crippen molar-refractivity contribution in [3.8, 4) is 0 Å². The molecule has 0 saturated heterocycles. The molecule has 0 aliphatic carbocycles. The third kappa shape index (κ3) is 5.70. The molecule has 0 rings (SSSR count). The second kappa shape index (κ2) is 6.64. The maximum atomic E-state index is 10.5. The van der Waals surface area contributed by atoms with Gasteiger partial charge in [-0.2, -0.15) is 0 Å². The highest BCUT2D eigenvalue weighted by Gasteiger charge is 2.10. The molecule has 0 spiro atoms. The van der Waals surface area contributed by atoms with Crippen LogP contribution in [0, 0.1) is 0 Å². The van der Waals surface area contributed by atoms with Crippen molar-refractivity contribution in [2.45, 2.75) is 32.8 Å². The second-order valence-electron chi connectivity index (χ2n) is 2.45. The summed E-state index contributed by atoms with van der Waals surface area (Å²) in [6, 6.07) is 0. The fourth-order valence-electron chi connectivity index (χ4n) is 0.880. The Balaban J connectivity index is 3.68. The molecule has 0 aromatic heterocycles. The topological polar surface area (TPSA) is 52.6 Å². The van der Waals surface area contributed by atoms with E-state index in [1.54, 1.807) is 0 Å². The lowest BCUT2D eigenvalue weighted by atomic mass is 10.2. The van der Waals surface area contributed by atoms with E-state index in [1.807, 2.05) is 6.92 Å². The van der Waals surface area contributed by atoms with Gasteiger partial charge in [-0.05, 0) is 6.42 Å². The minimum atomic E-state index is -0.344. The van der Waals surface area contributed by atoms with Crippen LogP contribution < -0.4 is 0 Å². The molecule has 1 atom stereocenters. The number of esters is 1. The fraction of sp³-hybridized carbons (Fsp3) is 0.750. The van der Waals surface area contributed by atoms with Crippen molar-refractivity contribution in [1.82, 2.24) is 0 Å². The molecule has 0 amide bonds. The van der Waals surface area contributed by atoms with Crippen LogP contribution in [-0.4, -0.2) is 25.2 Å². The number of ether oxygens (including phenoxy) is 2. The molecule has 4 heteroatoms. The van der Waals surface area contributed by atoms with E-state index in [-0.39, 0.29) is 18.7 Å². The van der Waals surface area contributed by atoms with Crippen LogP contribution in [0.5, 0.6) is 0 Å². The molecule has 0 bridgehead atoms. The van der Waals surface area contributed by atoms with Crippen molar-refractivity contribution in [3.05, 3.63) is 0 Å². The summed E-state index contributed by atoms with van der Waals surface area (Å²) >= 11 is 0. The van der Waals surface area contributed by atoms with Crippen LogP contribution in [0.4, 0.5) is 0 Å². The maximum absolute atomic E-state index is 10.5. The van der Waals surface area contributed by atoms with Gasteiger partial charge in [0.15, 0.2) is 0 Å². The quantitative estimate of drug-likeness (QED) is 0.443. The molecule has 0 aliphatic heterocycles. The zero-order valence-corrected chi connectivity index (χ0v) is 7.41. The van der Waals surface area contributed by atoms with Crippen LogP contribution in [-0.2, 0) is 19.1 Å². The van der Waals surface area contributed by atoms with E-state index < -0.39 is 0 Å². The van der Waals surface area contributed by atoms with Crippen LogP contribution in [0.15, 0.2) is 0 Å². The zero-order valence-electron chi connectivity index (χ0n) is 7.41. The average molecular weight is 174 g/mol. The molecule has 4 nitrogen and oxygen atoms in total. The van der Waals surface area contributed by atoms with Gasteiger partial charge in [0.05, 0.1) is 0 Å². The Labute approximate surface area is 71.8 Å². The van der Waals surface area contributed by atoms with Crippen LogP contribution >= 0.6 is 0 Å². The fourth-order valence-corrected chi connectivity index (χ4v) is 0.880. The monoisotopic (exact) mass is 174 g/mol. The Hall–Kier alpha value is -1.06. The van der Waals surface area contributed by atoms with Crippen molar-refractivity contribution in [2.24, 2.45) is 0 Å². The molecule has 0 radical (unpaired) electrons. The third-order valence-electron chi connectivity index (χ3n) is 1.29. The molecule has 0 heterocycles. The first-order chi connectivity index (χ1) is 5.70. The summed E-state index contributed by atoms with van der Waals surface area (Å²) in [5.74, 6) is -0.344. The molecule has 12 heavy (non-hydrogen) atoms. The van der Waals surface area contributed by atoms with Crippen LogP contribution in [0.1, 0.15) is 26.7 Å². The molecular formula is C8H14O4. The number of hydrogen-bond donors (Lipinski definition) is 0. The normalized spacial score (nSPS) is 11.8. The number of rotatable bonds is 6. The van der Waals surface area contributed by atoms with E-state index >= 15 is 0 Å². The SMILES string of the molecule is CCCC(COC=O)OC(C)=O. The molecule has 0 fully saturated rings. The van der Waals surface area contributed by atoms with Gasteiger partial charge in [0.1, 0.15) is 12.7 Å². The van der Waals surface area contributed by atoms with Crippen molar-refractivity contribution in [3.63, 3.8) is 0 Å². The van der Waals surface area contributed by atoms with E-state index in [2.05, 4.69) is 4.74 Å². The van der Waals surface area contributed by atoms with Crippen LogP contribution in [0.2, 0.25) is 0 Å². The van der Waals surface area contributed by atoms with Gasteiger partial charge in [0, 0.05) is 6.92 Å². The lowest BCUT2D eigenvalue weighted by molar-refractivity contribution is -0.152. The molecular weight excluding hydrogens is 160 g/mol. The Morgan fingerprint density at radius 3 is 2.67 bits per heavy atom. The Morgan fingerprint density at radius 1 is 1.58 bits per heavy atom. The van der Waals surface area contributed by atoms with Crippen molar-refractivity contribution >= 4 is 12.4 Å². The number of carbonyl (C=O) groups is 2. The predicted molar refractivity (Wildman–Crippen MR) is 42.5 cm³/mol. The minimum absolute atomic E-state index is 0.150. The summed E-state index contributed by atoms with van der Waals surface area (Å²) in [5.41, 5.74) is 0. The first kappa shape index (κ1) is 10.9. The lowest BCUT2D eigenvalue weighted by Gasteiger charge is -2.14. The van der Waals surface area contributed by atoms with Crippen molar-refractivity contribution in [2.75, 3.05) is 6.61 Å². The van der Waals surface area contributed by atoms with Gasteiger partial charge in [-0.25, -0.2) is 0 Å². The largest absolute Gasteiger partial charge is 0.464 e. The maximum Gasteiger partial charge on any atom is 0.303 e. The predicted octanol–water partition coefficient (Wildman–Crippen LogP) is 0.891. The molecule has 0 aromatic rings. The Morgan fingerprint density at radius 2 is 2.25 bits per heavy atom. The van der Waals surface area contributed by atoms with Gasteiger partial charge in [-0.3, -0.25) is 9.59 Å². The summed E-state index contributed by atoms with van der Waals surface area (Å²) in [7, 11) is 0. The standard InChI is InChI=1S/C8H14O4/c1-3-4-8(5-11-6-9)12-7(2)10/h6,8H,3-5H2,1-2H3. The summed E-state index contributed by atoms with van der Waals surface area (Å²) in [6.45, 7) is 3.81. The van der Waals surface area contributed by atoms with Crippen molar-refractivity contribution < 1.29 is 19.1 Å². The van der Waals surface area contributed by atoms with E-state index in [0.29, 0.717) is 12.9 Å². The van der Waals surface area contributed by atoms with Gasteiger partial charge in [0.25, 0.3) is 6.47 Å². The van der Waals surface area contributed by atoms with Gasteiger partial charge < -0.3 is 9.47 Å².